The quantitative estimate of drug-likeness (QED) is 0.193. The second-order valence-corrected chi connectivity index (χ2v) is 11.2. The number of rotatable bonds is 4. The largest absolute Gasteiger partial charge is 0.416 e. The third-order valence-corrected chi connectivity index (χ3v) is 8.12. The van der Waals surface area contributed by atoms with Crippen molar-refractivity contribution in [1.29, 1.82) is 0 Å². The van der Waals surface area contributed by atoms with Gasteiger partial charge in [-0.1, -0.05) is 24.3 Å². The van der Waals surface area contributed by atoms with Gasteiger partial charge < -0.3 is 0 Å². The average molecular weight is 597 g/mol. The number of aryl methyl sites for hydroxylation is 2. The van der Waals surface area contributed by atoms with E-state index >= 15 is 0 Å². The molecule has 2 heterocycles. The second-order valence-electron chi connectivity index (χ2n) is 8.81. The molecule has 40 heavy (non-hydrogen) atoms. The van der Waals surface area contributed by atoms with Gasteiger partial charge in [0.2, 0.25) is 0 Å². The fraction of sp³-hybridized carbons (Fsp3) is 0.143. The highest BCUT2D eigenvalue weighted by Crippen LogP contribution is 2.42. The molecular formula is C28H16F8N2S2. The number of benzene rings is 3. The van der Waals surface area contributed by atoms with Crippen LogP contribution >= 0.6 is 22.7 Å². The topological polar surface area (TPSA) is 25.8 Å². The first-order valence-corrected chi connectivity index (χ1v) is 13.2. The lowest BCUT2D eigenvalue weighted by Crippen LogP contribution is -2.03. The normalized spacial score (nSPS) is 12.2. The smallest absolute Gasteiger partial charge is 0.236 e. The molecule has 0 saturated carbocycles. The first-order valence-electron chi connectivity index (χ1n) is 11.5. The molecule has 2 nitrogen and oxygen atoms in total. The van der Waals surface area contributed by atoms with Crippen LogP contribution in [-0.2, 0) is 12.4 Å². The molecular weight excluding hydrogens is 580 g/mol. The first-order chi connectivity index (χ1) is 18.7. The maximum absolute atomic E-state index is 14.5. The van der Waals surface area contributed by atoms with Gasteiger partial charge in [0.15, 0.2) is 11.6 Å². The first kappa shape index (κ1) is 27.9. The van der Waals surface area contributed by atoms with Crippen molar-refractivity contribution in [1.82, 2.24) is 9.97 Å². The van der Waals surface area contributed by atoms with E-state index in [1.165, 1.54) is 46.9 Å². The van der Waals surface area contributed by atoms with Gasteiger partial charge in [-0.25, -0.2) is 18.7 Å². The summed E-state index contributed by atoms with van der Waals surface area (Å²) in [4.78, 5) is 10.3. The van der Waals surface area contributed by atoms with Gasteiger partial charge in [-0.15, -0.1) is 22.7 Å². The molecule has 0 spiro atoms. The summed E-state index contributed by atoms with van der Waals surface area (Å²) in [5.74, 6) is -2.25. The monoisotopic (exact) mass is 596 g/mol. The van der Waals surface area contributed by atoms with Crippen LogP contribution in [0, 0.1) is 25.5 Å². The molecule has 2 aromatic heterocycles. The lowest BCUT2D eigenvalue weighted by molar-refractivity contribution is -0.138. The van der Waals surface area contributed by atoms with Crippen molar-refractivity contribution in [3.05, 3.63) is 93.2 Å². The Hall–Kier alpha value is -3.64. The molecule has 5 aromatic rings. The Balaban J connectivity index is 1.57. The number of nitrogens with zero attached hydrogens (tertiary/aromatic N) is 2. The highest BCUT2D eigenvalue weighted by molar-refractivity contribution is 7.15. The maximum atomic E-state index is 14.5. The summed E-state index contributed by atoms with van der Waals surface area (Å²) in [5.41, 5.74) is 0.272. The van der Waals surface area contributed by atoms with Crippen molar-refractivity contribution in [2.24, 2.45) is 0 Å². The van der Waals surface area contributed by atoms with Gasteiger partial charge in [-0.3, -0.25) is 0 Å². The van der Waals surface area contributed by atoms with Crippen LogP contribution < -0.4 is 0 Å². The number of hydrogen-bond donors (Lipinski definition) is 0. The molecule has 0 N–H and O–H groups in total. The van der Waals surface area contributed by atoms with Crippen molar-refractivity contribution < 1.29 is 35.1 Å². The van der Waals surface area contributed by atoms with Crippen LogP contribution in [0.5, 0.6) is 0 Å². The molecule has 12 heteroatoms. The zero-order chi connectivity index (χ0) is 29.0. The van der Waals surface area contributed by atoms with Crippen LogP contribution in [-0.4, -0.2) is 9.97 Å². The van der Waals surface area contributed by atoms with Gasteiger partial charge in [0.05, 0.1) is 22.5 Å². The van der Waals surface area contributed by atoms with Crippen molar-refractivity contribution >= 4 is 22.7 Å². The summed E-state index contributed by atoms with van der Waals surface area (Å²) in [6, 6.07) is 10.9. The van der Waals surface area contributed by atoms with Crippen molar-refractivity contribution in [3.8, 4) is 43.7 Å². The molecule has 0 aliphatic carbocycles. The van der Waals surface area contributed by atoms with E-state index in [1.54, 1.807) is 13.8 Å². The minimum absolute atomic E-state index is 0.221. The van der Waals surface area contributed by atoms with Crippen LogP contribution in [0.2, 0.25) is 0 Å². The van der Waals surface area contributed by atoms with E-state index in [-0.39, 0.29) is 11.1 Å². The Kier molecular flexibility index (Phi) is 7.03. The van der Waals surface area contributed by atoms with E-state index in [9.17, 15) is 35.1 Å². The second kappa shape index (κ2) is 10.1. The summed E-state index contributed by atoms with van der Waals surface area (Å²) in [5, 5.41) is 0.773. The molecule has 0 unspecified atom stereocenters. The van der Waals surface area contributed by atoms with Crippen molar-refractivity contribution in [2.75, 3.05) is 0 Å². The Morgan fingerprint density at radius 1 is 0.550 bits per heavy atom. The number of alkyl halides is 6. The summed E-state index contributed by atoms with van der Waals surface area (Å²) in [6.45, 7) is 3.40. The lowest BCUT2D eigenvalue weighted by Gasteiger charge is -2.09. The van der Waals surface area contributed by atoms with Crippen LogP contribution in [0.25, 0.3) is 43.7 Å². The standard InChI is InChI=1S/C28H16F8N2S2/c1-13-23(37-25(39-13)15-3-7-17(8-4-15)27(31,32)33)19-11-21(29)22(30)12-20(19)24-14(2)40-26(38-24)16-5-9-18(10-6-16)28(34,35)36/h3-12H,1-2H3. The minimum atomic E-state index is -4.49. The van der Waals surface area contributed by atoms with E-state index in [0.29, 0.717) is 42.3 Å². The maximum Gasteiger partial charge on any atom is 0.416 e. The van der Waals surface area contributed by atoms with Gasteiger partial charge in [-0.2, -0.15) is 26.3 Å². The SMILES string of the molecule is Cc1sc(-c2ccc(C(F)(F)F)cc2)nc1-c1cc(F)c(F)cc1-c1nc(-c2ccc(C(F)(F)F)cc2)sc1C. The Labute approximate surface area is 230 Å². The average Bonchev–Trinajstić information content (AvgIpc) is 3.47. The van der Waals surface area contributed by atoms with Crippen molar-refractivity contribution in [2.45, 2.75) is 26.2 Å². The van der Waals surface area contributed by atoms with E-state index in [2.05, 4.69) is 9.97 Å². The van der Waals surface area contributed by atoms with E-state index in [4.69, 9.17) is 0 Å². The molecule has 0 radical (unpaired) electrons. The fourth-order valence-corrected chi connectivity index (χ4v) is 5.95. The number of aromatic nitrogens is 2. The number of thiazole rings is 2. The van der Waals surface area contributed by atoms with Gasteiger partial charge in [0, 0.05) is 32.0 Å². The van der Waals surface area contributed by atoms with Crippen LogP contribution in [0.15, 0.2) is 60.7 Å². The third kappa shape index (κ3) is 5.37. The Bertz CT molecular complexity index is 1570. The summed E-state index contributed by atoms with van der Waals surface area (Å²) in [7, 11) is 0. The molecule has 0 atom stereocenters. The lowest BCUT2D eigenvalue weighted by atomic mass is 10.00. The molecule has 0 fully saturated rings. The number of halogens is 8. The highest BCUT2D eigenvalue weighted by atomic mass is 32.1. The van der Waals surface area contributed by atoms with Gasteiger partial charge in [-0.05, 0) is 50.2 Å². The zero-order valence-electron chi connectivity index (χ0n) is 20.5. The molecule has 0 saturated heterocycles. The molecule has 0 aliphatic heterocycles. The van der Waals surface area contributed by atoms with E-state index in [0.717, 1.165) is 36.4 Å². The Morgan fingerprint density at radius 2 is 0.875 bits per heavy atom. The molecule has 5 rings (SSSR count). The predicted molar refractivity (Wildman–Crippen MR) is 139 cm³/mol. The third-order valence-electron chi connectivity index (χ3n) is 6.08. The van der Waals surface area contributed by atoms with Crippen molar-refractivity contribution in [3.63, 3.8) is 0 Å². The van der Waals surface area contributed by atoms with Crippen LogP contribution in [0.1, 0.15) is 20.9 Å². The molecule has 0 amide bonds. The fourth-order valence-electron chi connectivity index (χ4n) is 4.08. The zero-order valence-corrected chi connectivity index (χ0v) is 22.1. The summed E-state index contributed by atoms with van der Waals surface area (Å²) < 4.78 is 107. The summed E-state index contributed by atoms with van der Waals surface area (Å²) >= 11 is 2.36. The van der Waals surface area contributed by atoms with Gasteiger partial charge in [0.25, 0.3) is 0 Å². The molecule has 206 valence electrons. The minimum Gasteiger partial charge on any atom is -0.236 e. The van der Waals surface area contributed by atoms with Gasteiger partial charge >= 0.3 is 12.4 Å². The molecule has 0 aliphatic rings. The molecule has 0 bridgehead atoms. The predicted octanol–water partition coefficient (Wildman–Crippen LogP) is 10.2. The van der Waals surface area contributed by atoms with Crippen LogP contribution in [0.4, 0.5) is 35.1 Å². The number of hydrogen-bond acceptors (Lipinski definition) is 4. The Morgan fingerprint density at radius 3 is 1.18 bits per heavy atom. The van der Waals surface area contributed by atoms with E-state index < -0.39 is 35.1 Å². The highest BCUT2D eigenvalue weighted by Gasteiger charge is 2.31. The van der Waals surface area contributed by atoms with Crippen LogP contribution in [0.3, 0.4) is 0 Å². The van der Waals surface area contributed by atoms with Gasteiger partial charge in [0.1, 0.15) is 10.0 Å². The van der Waals surface area contributed by atoms with E-state index in [1.807, 2.05) is 0 Å². The summed E-state index contributed by atoms with van der Waals surface area (Å²) in [6.07, 6.45) is -8.98. The molecule has 3 aromatic carbocycles.